The fourth-order valence-electron chi connectivity index (χ4n) is 3.56. The van der Waals surface area contributed by atoms with E-state index in [0.717, 1.165) is 4.70 Å². The average molecular weight is 399 g/mol. The summed E-state index contributed by atoms with van der Waals surface area (Å²) < 4.78 is 20.4. The summed E-state index contributed by atoms with van der Waals surface area (Å²) in [6.07, 6.45) is 4.60. The molecule has 144 valence electrons. The van der Waals surface area contributed by atoms with Gasteiger partial charge in [0.15, 0.2) is 0 Å². The van der Waals surface area contributed by atoms with Crippen molar-refractivity contribution in [2.75, 3.05) is 18.0 Å². The molecule has 2 fully saturated rings. The monoisotopic (exact) mass is 399 g/mol. The van der Waals surface area contributed by atoms with Crippen LogP contribution < -0.4 is 15.0 Å². The molecule has 9 heteroatoms. The Morgan fingerprint density at radius 2 is 2.00 bits per heavy atom. The van der Waals surface area contributed by atoms with Crippen LogP contribution in [0.1, 0.15) is 12.8 Å². The van der Waals surface area contributed by atoms with Gasteiger partial charge in [0.05, 0.1) is 16.3 Å². The van der Waals surface area contributed by atoms with Crippen molar-refractivity contribution in [1.82, 2.24) is 20.3 Å². The summed E-state index contributed by atoms with van der Waals surface area (Å²) in [7, 11) is 0. The lowest BCUT2D eigenvalue weighted by atomic mass is 9.81. The van der Waals surface area contributed by atoms with E-state index in [1.54, 1.807) is 24.0 Å². The molecule has 0 bridgehead atoms. The number of carbonyl (C=O) groups is 1. The second kappa shape index (κ2) is 6.97. The van der Waals surface area contributed by atoms with Crippen LogP contribution >= 0.6 is 11.3 Å². The van der Waals surface area contributed by atoms with Crippen molar-refractivity contribution in [2.24, 2.45) is 5.92 Å². The zero-order chi connectivity index (χ0) is 19.1. The predicted octanol–water partition coefficient (Wildman–Crippen LogP) is 2.39. The van der Waals surface area contributed by atoms with Gasteiger partial charge in [0, 0.05) is 37.5 Å². The molecular formula is C19H18FN5O2S. The lowest BCUT2D eigenvalue weighted by molar-refractivity contribution is -0.131. The molecule has 28 heavy (non-hydrogen) atoms. The van der Waals surface area contributed by atoms with Gasteiger partial charge in [0.1, 0.15) is 23.2 Å². The number of fused-ring (bicyclic) bond motifs is 1. The Hall–Kier alpha value is -2.81. The van der Waals surface area contributed by atoms with E-state index in [9.17, 15) is 9.18 Å². The Labute approximate surface area is 164 Å². The van der Waals surface area contributed by atoms with Crippen molar-refractivity contribution in [1.29, 1.82) is 0 Å². The lowest BCUT2D eigenvalue weighted by Gasteiger charge is -2.41. The first-order valence-electron chi connectivity index (χ1n) is 9.17. The third-order valence-corrected chi connectivity index (χ3v) is 5.96. The molecule has 0 radical (unpaired) electrons. The summed E-state index contributed by atoms with van der Waals surface area (Å²) in [6.45, 7) is 1.43. The minimum absolute atomic E-state index is 0.0523. The Morgan fingerprint density at radius 3 is 2.79 bits per heavy atom. The van der Waals surface area contributed by atoms with Crippen LogP contribution in [0.25, 0.3) is 10.2 Å². The maximum absolute atomic E-state index is 13.7. The minimum atomic E-state index is -0.336. The van der Waals surface area contributed by atoms with Crippen molar-refractivity contribution < 1.29 is 13.9 Å². The molecule has 1 saturated carbocycles. The number of anilines is 1. The fourth-order valence-corrected chi connectivity index (χ4v) is 4.27. The molecule has 1 amide bonds. The Kier molecular flexibility index (Phi) is 4.31. The molecule has 2 aromatic heterocycles. The van der Waals surface area contributed by atoms with Crippen LogP contribution in [0.4, 0.5) is 10.3 Å². The quantitative estimate of drug-likeness (QED) is 0.710. The van der Waals surface area contributed by atoms with Crippen molar-refractivity contribution >= 4 is 33.4 Å². The fraction of sp³-hybridized carbons (Fsp3) is 0.368. The molecule has 1 N–H and O–H groups in total. The van der Waals surface area contributed by atoms with Crippen molar-refractivity contribution in [3.63, 3.8) is 0 Å². The molecule has 3 heterocycles. The van der Waals surface area contributed by atoms with Crippen LogP contribution in [0.3, 0.4) is 0 Å². The molecule has 3 aromatic rings. The third-order valence-electron chi connectivity index (χ3n) is 5.19. The van der Waals surface area contributed by atoms with Gasteiger partial charge in [-0.1, -0.05) is 0 Å². The number of nitrogens with zero attached hydrogens (tertiary/aromatic N) is 4. The summed E-state index contributed by atoms with van der Waals surface area (Å²) in [4.78, 5) is 27.1. The van der Waals surface area contributed by atoms with E-state index in [1.165, 1.54) is 23.5 Å². The number of carbonyl (C=O) groups excluding carboxylic acids is 1. The van der Waals surface area contributed by atoms with Gasteiger partial charge in [-0.25, -0.2) is 19.3 Å². The highest BCUT2D eigenvalue weighted by molar-refractivity contribution is 7.16. The SMILES string of the molecule is O=C(NC1CN(c2ncccn2)C1)[C@H]1C[C@H](Oc2cc(F)cc3scnc23)C1. The molecule has 5 rings (SSSR count). The molecule has 0 spiro atoms. The summed E-state index contributed by atoms with van der Waals surface area (Å²) in [5.41, 5.74) is 2.35. The smallest absolute Gasteiger partial charge is 0.225 e. The summed E-state index contributed by atoms with van der Waals surface area (Å²) in [6, 6.07) is 4.72. The number of rotatable bonds is 5. The van der Waals surface area contributed by atoms with E-state index in [0.29, 0.717) is 43.1 Å². The summed E-state index contributed by atoms with van der Waals surface area (Å²) in [5, 5.41) is 3.07. The van der Waals surface area contributed by atoms with Gasteiger partial charge in [-0.2, -0.15) is 0 Å². The molecule has 0 unspecified atom stereocenters. The number of ether oxygens (including phenoxy) is 1. The van der Waals surface area contributed by atoms with Gasteiger partial charge in [-0.05, 0) is 25.0 Å². The number of thiazole rings is 1. The number of amides is 1. The first-order valence-corrected chi connectivity index (χ1v) is 10.1. The maximum atomic E-state index is 13.7. The first-order chi connectivity index (χ1) is 13.7. The van der Waals surface area contributed by atoms with Crippen LogP contribution in [0, 0.1) is 11.7 Å². The normalized spacial score (nSPS) is 21.8. The van der Waals surface area contributed by atoms with Crippen LogP contribution in [-0.4, -0.2) is 46.1 Å². The van der Waals surface area contributed by atoms with Gasteiger partial charge in [0.2, 0.25) is 11.9 Å². The highest BCUT2D eigenvalue weighted by Crippen LogP contribution is 2.35. The molecule has 1 aromatic carbocycles. The first kappa shape index (κ1) is 17.3. The molecule has 7 nitrogen and oxygen atoms in total. The zero-order valence-electron chi connectivity index (χ0n) is 14.9. The number of hydrogen-bond acceptors (Lipinski definition) is 7. The van der Waals surface area contributed by atoms with E-state index < -0.39 is 0 Å². The van der Waals surface area contributed by atoms with Crippen LogP contribution in [0.5, 0.6) is 5.75 Å². The minimum Gasteiger partial charge on any atom is -0.488 e. The Bertz CT molecular complexity index is 1000. The van der Waals surface area contributed by atoms with E-state index in [4.69, 9.17) is 4.74 Å². The molecular weight excluding hydrogens is 381 g/mol. The largest absolute Gasteiger partial charge is 0.488 e. The van der Waals surface area contributed by atoms with Gasteiger partial charge in [0.25, 0.3) is 0 Å². The maximum Gasteiger partial charge on any atom is 0.225 e. The molecule has 0 atom stereocenters. The standard InChI is InChI=1S/C19H18FN5O2S/c20-12-6-15(17-16(7-12)28-10-23-17)27-14-4-11(5-14)18(26)24-13-8-25(9-13)19-21-2-1-3-22-19/h1-3,6-7,10-11,13-14H,4-5,8-9H2,(H,24,26)/t11-,14-. The van der Waals surface area contributed by atoms with Gasteiger partial charge < -0.3 is 15.0 Å². The number of nitrogens with one attached hydrogen (secondary N) is 1. The van der Waals surface area contributed by atoms with Crippen LogP contribution in [0.2, 0.25) is 0 Å². The molecule has 2 aliphatic rings. The predicted molar refractivity (Wildman–Crippen MR) is 103 cm³/mol. The van der Waals surface area contributed by atoms with Crippen LogP contribution in [-0.2, 0) is 4.79 Å². The number of aromatic nitrogens is 3. The average Bonchev–Trinajstić information content (AvgIpc) is 3.09. The van der Waals surface area contributed by atoms with Gasteiger partial charge in [-0.3, -0.25) is 4.79 Å². The zero-order valence-corrected chi connectivity index (χ0v) is 15.7. The van der Waals surface area contributed by atoms with E-state index >= 15 is 0 Å². The lowest BCUT2D eigenvalue weighted by Crippen LogP contribution is -2.61. The number of halogens is 1. The third kappa shape index (κ3) is 3.26. The van der Waals surface area contributed by atoms with Crippen LogP contribution in [0.15, 0.2) is 36.1 Å². The summed E-state index contributed by atoms with van der Waals surface area (Å²) >= 11 is 1.38. The molecule has 1 saturated heterocycles. The Morgan fingerprint density at radius 1 is 1.21 bits per heavy atom. The second-order valence-electron chi connectivity index (χ2n) is 7.17. The highest BCUT2D eigenvalue weighted by atomic mass is 32.1. The molecule has 1 aliphatic carbocycles. The second-order valence-corrected chi connectivity index (χ2v) is 8.06. The van der Waals surface area contributed by atoms with Gasteiger partial charge in [-0.15, -0.1) is 11.3 Å². The summed E-state index contributed by atoms with van der Waals surface area (Å²) in [5.74, 6) is 0.798. The van der Waals surface area contributed by atoms with E-state index in [-0.39, 0.29) is 29.8 Å². The van der Waals surface area contributed by atoms with E-state index in [1.807, 2.05) is 4.90 Å². The number of benzene rings is 1. The van der Waals surface area contributed by atoms with Crippen molar-refractivity contribution in [2.45, 2.75) is 25.0 Å². The highest BCUT2D eigenvalue weighted by Gasteiger charge is 2.39. The van der Waals surface area contributed by atoms with Gasteiger partial charge >= 0.3 is 0 Å². The van der Waals surface area contributed by atoms with Crippen molar-refractivity contribution in [3.8, 4) is 5.75 Å². The molecule has 1 aliphatic heterocycles. The van der Waals surface area contributed by atoms with Crippen molar-refractivity contribution in [3.05, 3.63) is 41.9 Å². The van der Waals surface area contributed by atoms with E-state index in [2.05, 4.69) is 20.3 Å². The number of hydrogen-bond donors (Lipinski definition) is 1. The Balaban J connectivity index is 1.10. The topological polar surface area (TPSA) is 80.2 Å².